The fourth-order valence-electron chi connectivity index (χ4n) is 2.80. The second-order valence-electron chi connectivity index (χ2n) is 5.62. The molecule has 1 N–H and O–H groups in total. The first-order chi connectivity index (χ1) is 9.81. The third-order valence-electron chi connectivity index (χ3n) is 3.97. The third-order valence-corrected chi connectivity index (χ3v) is 3.97. The van der Waals surface area contributed by atoms with Gasteiger partial charge in [0, 0.05) is 5.56 Å². The molecule has 0 heterocycles. The Kier molecular flexibility index (Phi) is 6.48. The summed E-state index contributed by atoms with van der Waals surface area (Å²) in [5.41, 5.74) is 0.719. The van der Waals surface area contributed by atoms with Crippen molar-refractivity contribution < 1.29 is 9.13 Å². The maximum Gasteiger partial charge on any atom is 0.128 e. The molecule has 0 radical (unpaired) electrons. The van der Waals surface area contributed by atoms with Gasteiger partial charge in [0.25, 0.3) is 0 Å². The lowest BCUT2D eigenvalue weighted by Crippen LogP contribution is -2.29. The van der Waals surface area contributed by atoms with Crippen LogP contribution < -0.4 is 5.32 Å². The number of nitrogens with one attached hydrogen (secondary N) is 1. The number of rotatable bonds is 7. The smallest absolute Gasteiger partial charge is 0.128 e. The number of halogens is 1. The topological polar surface area (TPSA) is 21.3 Å². The second kappa shape index (κ2) is 8.38. The fourth-order valence-corrected chi connectivity index (χ4v) is 2.80. The lowest BCUT2D eigenvalue weighted by Gasteiger charge is -2.26. The van der Waals surface area contributed by atoms with Crippen LogP contribution in [0.15, 0.2) is 24.3 Å². The van der Waals surface area contributed by atoms with Gasteiger partial charge in [0.1, 0.15) is 5.82 Å². The average molecular weight is 279 g/mol. The molecule has 0 aromatic heterocycles. The fraction of sp³-hybridized carbons (Fsp3) is 0.647. The molecule has 1 aromatic carbocycles. The van der Waals surface area contributed by atoms with E-state index in [0.717, 1.165) is 31.4 Å². The van der Waals surface area contributed by atoms with Crippen LogP contribution in [0.1, 0.15) is 57.1 Å². The highest BCUT2D eigenvalue weighted by Crippen LogP contribution is 2.23. The van der Waals surface area contributed by atoms with E-state index in [1.807, 2.05) is 12.1 Å². The van der Waals surface area contributed by atoms with Crippen LogP contribution in [0.3, 0.4) is 0 Å². The van der Waals surface area contributed by atoms with Crippen LogP contribution in [0.25, 0.3) is 0 Å². The molecule has 3 heteroatoms. The minimum atomic E-state index is -0.145. The molecule has 0 aliphatic heterocycles. The van der Waals surface area contributed by atoms with Gasteiger partial charge in [-0.05, 0) is 31.9 Å². The number of hydrogen-bond donors (Lipinski definition) is 1. The molecule has 0 spiro atoms. The lowest BCUT2D eigenvalue weighted by atomic mass is 9.97. The Morgan fingerprint density at radius 2 is 2.00 bits per heavy atom. The molecule has 0 bridgehead atoms. The van der Waals surface area contributed by atoms with E-state index in [0.29, 0.717) is 12.7 Å². The molecule has 1 fully saturated rings. The summed E-state index contributed by atoms with van der Waals surface area (Å²) in [6.07, 6.45) is 7.55. The molecule has 2 nitrogen and oxygen atoms in total. The Balaban J connectivity index is 1.94. The van der Waals surface area contributed by atoms with Gasteiger partial charge in [-0.1, -0.05) is 44.4 Å². The zero-order chi connectivity index (χ0) is 14.2. The minimum Gasteiger partial charge on any atom is -0.376 e. The summed E-state index contributed by atoms with van der Waals surface area (Å²) in [7, 11) is 0. The Morgan fingerprint density at radius 1 is 1.25 bits per heavy atom. The Labute approximate surface area is 121 Å². The SMILES string of the molecule is CCCNC(COC1CCCCC1)c1ccccc1F. The van der Waals surface area contributed by atoms with Crippen molar-refractivity contribution in [2.75, 3.05) is 13.2 Å². The highest BCUT2D eigenvalue weighted by molar-refractivity contribution is 5.21. The second-order valence-corrected chi connectivity index (χ2v) is 5.62. The molecule has 20 heavy (non-hydrogen) atoms. The summed E-state index contributed by atoms with van der Waals surface area (Å²) in [5, 5.41) is 3.40. The van der Waals surface area contributed by atoms with Gasteiger partial charge in [0.2, 0.25) is 0 Å². The zero-order valence-corrected chi connectivity index (χ0v) is 12.4. The van der Waals surface area contributed by atoms with E-state index in [9.17, 15) is 4.39 Å². The average Bonchev–Trinajstić information content (AvgIpc) is 2.49. The van der Waals surface area contributed by atoms with Crippen molar-refractivity contribution in [1.29, 1.82) is 0 Å². The molecule has 1 atom stereocenters. The highest BCUT2D eigenvalue weighted by atomic mass is 19.1. The summed E-state index contributed by atoms with van der Waals surface area (Å²) in [6.45, 7) is 3.56. The van der Waals surface area contributed by atoms with E-state index in [1.165, 1.54) is 25.3 Å². The third kappa shape index (κ3) is 4.57. The highest BCUT2D eigenvalue weighted by Gasteiger charge is 2.19. The van der Waals surface area contributed by atoms with Crippen LogP contribution in [-0.2, 0) is 4.74 Å². The Morgan fingerprint density at radius 3 is 2.70 bits per heavy atom. The molecular weight excluding hydrogens is 253 g/mol. The molecule has 1 aliphatic carbocycles. The van der Waals surface area contributed by atoms with E-state index < -0.39 is 0 Å². The molecule has 1 aliphatic rings. The largest absolute Gasteiger partial charge is 0.376 e. The molecule has 0 amide bonds. The van der Waals surface area contributed by atoms with Gasteiger partial charge >= 0.3 is 0 Å². The molecule has 1 saturated carbocycles. The van der Waals surface area contributed by atoms with E-state index in [-0.39, 0.29) is 11.9 Å². The lowest BCUT2D eigenvalue weighted by molar-refractivity contribution is 0.0151. The van der Waals surface area contributed by atoms with Crippen LogP contribution in [-0.4, -0.2) is 19.3 Å². The summed E-state index contributed by atoms with van der Waals surface area (Å²) in [4.78, 5) is 0. The Bertz CT molecular complexity index is 390. The van der Waals surface area contributed by atoms with Gasteiger partial charge in [-0.2, -0.15) is 0 Å². The van der Waals surface area contributed by atoms with Gasteiger partial charge in [-0.3, -0.25) is 0 Å². The van der Waals surface area contributed by atoms with Crippen molar-refractivity contribution in [3.63, 3.8) is 0 Å². The molecule has 112 valence electrons. The van der Waals surface area contributed by atoms with Crippen molar-refractivity contribution in [1.82, 2.24) is 5.32 Å². The predicted molar refractivity (Wildman–Crippen MR) is 80.3 cm³/mol. The summed E-state index contributed by atoms with van der Waals surface area (Å²) < 4.78 is 20.0. The van der Waals surface area contributed by atoms with Crippen LogP contribution in [0.4, 0.5) is 4.39 Å². The standard InChI is InChI=1S/C17H26FNO/c1-2-12-19-17(15-10-6-7-11-16(15)18)13-20-14-8-4-3-5-9-14/h6-7,10-11,14,17,19H,2-5,8-9,12-13H2,1H3. The van der Waals surface area contributed by atoms with Crippen LogP contribution >= 0.6 is 0 Å². The number of ether oxygens (including phenoxy) is 1. The first-order valence-electron chi connectivity index (χ1n) is 7.90. The van der Waals surface area contributed by atoms with Crippen LogP contribution in [0.5, 0.6) is 0 Å². The van der Waals surface area contributed by atoms with Gasteiger partial charge in [0.05, 0.1) is 18.8 Å². The van der Waals surface area contributed by atoms with Crippen LogP contribution in [0.2, 0.25) is 0 Å². The summed E-state index contributed by atoms with van der Waals surface area (Å²) in [6, 6.07) is 6.96. The normalized spacial score (nSPS) is 18.1. The van der Waals surface area contributed by atoms with E-state index in [1.54, 1.807) is 6.07 Å². The summed E-state index contributed by atoms with van der Waals surface area (Å²) >= 11 is 0. The molecule has 2 rings (SSSR count). The Hall–Kier alpha value is -0.930. The monoisotopic (exact) mass is 279 g/mol. The van der Waals surface area contributed by atoms with Crippen molar-refractivity contribution in [2.24, 2.45) is 0 Å². The van der Waals surface area contributed by atoms with E-state index in [2.05, 4.69) is 12.2 Å². The first kappa shape index (κ1) is 15.5. The zero-order valence-electron chi connectivity index (χ0n) is 12.4. The van der Waals surface area contributed by atoms with Gasteiger partial charge < -0.3 is 10.1 Å². The number of hydrogen-bond acceptors (Lipinski definition) is 2. The van der Waals surface area contributed by atoms with E-state index in [4.69, 9.17) is 4.74 Å². The molecule has 1 aromatic rings. The van der Waals surface area contributed by atoms with E-state index >= 15 is 0 Å². The molecule has 1 unspecified atom stereocenters. The van der Waals surface area contributed by atoms with Crippen molar-refractivity contribution in [2.45, 2.75) is 57.6 Å². The van der Waals surface area contributed by atoms with Gasteiger partial charge in [-0.15, -0.1) is 0 Å². The maximum atomic E-state index is 13.9. The van der Waals surface area contributed by atoms with Crippen molar-refractivity contribution in [3.05, 3.63) is 35.6 Å². The molecule has 0 saturated heterocycles. The van der Waals surface area contributed by atoms with Crippen molar-refractivity contribution in [3.8, 4) is 0 Å². The van der Waals surface area contributed by atoms with Crippen LogP contribution in [0, 0.1) is 5.82 Å². The first-order valence-corrected chi connectivity index (χ1v) is 7.90. The number of benzene rings is 1. The maximum absolute atomic E-state index is 13.9. The molecular formula is C17H26FNO. The van der Waals surface area contributed by atoms with Gasteiger partial charge in [0.15, 0.2) is 0 Å². The predicted octanol–water partition coefficient (Wildman–Crippen LogP) is 4.22. The van der Waals surface area contributed by atoms with Gasteiger partial charge in [-0.25, -0.2) is 4.39 Å². The quantitative estimate of drug-likeness (QED) is 0.807. The van der Waals surface area contributed by atoms with Crippen molar-refractivity contribution >= 4 is 0 Å². The minimum absolute atomic E-state index is 0.0434. The summed E-state index contributed by atoms with van der Waals surface area (Å²) in [5.74, 6) is -0.145.